The normalized spacial score (nSPS) is 13.5. The number of anilines is 2. The summed E-state index contributed by atoms with van der Waals surface area (Å²) in [6.07, 6.45) is 9.19. The van der Waals surface area contributed by atoms with Gasteiger partial charge in [-0.05, 0) is 141 Å². The van der Waals surface area contributed by atoms with Gasteiger partial charge in [0.05, 0.1) is 32.2 Å². The highest BCUT2D eigenvalue weighted by molar-refractivity contribution is 9.10. The van der Waals surface area contributed by atoms with Crippen molar-refractivity contribution in [3.63, 3.8) is 0 Å². The van der Waals surface area contributed by atoms with E-state index in [0.717, 1.165) is 56.3 Å². The molecule has 1 saturated carbocycles. The molecule has 15 heteroatoms. The Balaban J connectivity index is 0.000000171. The summed E-state index contributed by atoms with van der Waals surface area (Å²) in [7, 11) is -7.54. The number of nitrogens with zero attached hydrogens (tertiary/aromatic N) is 6. The highest BCUT2D eigenvalue weighted by atomic mass is 79.9. The maximum absolute atomic E-state index is 13.2. The minimum atomic E-state index is -3.77. The molecule has 0 amide bonds. The van der Waals surface area contributed by atoms with Gasteiger partial charge in [0, 0.05) is 40.4 Å². The summed E-state index contributed by atoms with van der Waals surface area (Å²) in [5.41, 5.74) is 8.14. The van der Waals surface area contributed by atoms with Gasteiger partial charge in [0.15, 0.2) is 0 Å². The van der Waals surface area contributed by atoms with Crippen molar-refractivity contribution in [2.75, 3.05) is 9.44 Å². The van der Waals surface area contributed by atoms with E-state index in [2.05, 4.69) is 82.0 Å². The lowest BCUT2D eigenvalue weighted by Gasteiger charge is -2.19. The van der Waals surface area contributed by atoms with E-state index >= 15 is 0 Å². The Labute approximate surface area is 370 Å². The fourth-order valence-electron chi connectivity index (χ4n) is 7.00. The summed E-state index contributed by atoms with van der Waals surface area (Å²) in [5.74, 6) is 1.27. The van der Waals surface area contributed by atoms with Crippen LogP contribution in [0.25, 0.3) is 33.5 Å². The van der Waals surface area contributed by atoms with E-state index < -0.39 is 20.0 Å². The van der Waals surface area contributed by atoms with Crippen LogP contribution in [0.1, 0.15) is 77.0 Å². The van der Waals surface area contributed by atoms with Crippen LogP contribution < -0.4 is 9.44 Å². The minimum Gasteiger partial charge on any atom is -0.264 e. The zero-order valence-corrected chi connectivity index (χ0v) is 38.4. The second-order valence-electron chi connectivity index (χ2n) is 17.4. The van der Waals surface area contributed by atoms with Gasteiger partial charge in [-0.2, -0.15) is 10.2 Å². The second kappa shape index (κ2) is 16.4. The number of halogens is 1. The molecule has 0 aliphatic heterocycles. The molecule has 2 aromatic carbocycles. The summed E-state index contributed by atoms with van der Waals surface area (Å²) < 4.78 is 61.8. The van der Waals surface area contributed by atoms with Gasteiger partial charge in [-0.1, -0.05) is 71.9 Å². The third kappa shape index (κ3) is 9.15. The van der Waals surface area contributed by atoms with E-state index in [4.69, 9.17) is 5.10 Å². The molecule has 0 atom stereocenters. The third-order valence-corrected chi connectivity index (χ3v) is 14.1. The van der Waals surface area contributed by atoms with E-state index in [-0.39, 0.29) is 20.6 Å². The number of fused-ring (bicyclic) bond motifs is 2. The summed E-state index contributed by atoms with van der Waals surface area (Å²) in [4.78, 5) is 8.74. The Kier molecular flexibility index (Phi) is 11.3. The van der Waals surface area contributed by atoms with Crippen LogP contribution in [0.2, 0.25) is 0 Å². The molecule has 0 radical (unpaired) electrons. The van der Waals surface area contributed by atoms with Gasteiger partial charge < -0.3 is 0 Å². The highest BCUT2D eigenvalue weighted by Crippen LogP contribution is 2.43. The van der Waals surface area contributed by atoms with Gasteiger partial charge in [-0.3, -0.25) is 19.4 Å². The highest BCUT2D eigenvalue weighted by Gasteiger charge is 2.28. The molecule has 1 fully saturated rings. The van der Waals surface area contributed by atoms with Gasteiger partial charge >= 0.3 is 0 Å². The third-order valence-electron chi connectivity index (χ3n) is 10.7. The van der Waals surface area contributed by atoms with Crippen LogP contribution in [-0.4, -0.2) is 46.0 Å². The Bertz CT molecular complexity index is 3120. The molecule has 0 bridgehead atoms. The first-order chi connectivity index (χ1) is 29.4. The lowest BCUT2D eigenvalue weighted by atomic mass is 9.87. The van der Waals surface area contributed by atoms with Gasteiger partial charge in [0.25, 0.3) is 20.0 Å². The molecule has 1 aliphatic carbocycles. The number of benzene rings is 2. The quantitative estimate of drug-likeness (QED) is 0.145. The number of aromatic nitrogens is 6. The van der Waals surface area contributed by atoms with Crippen molar-refractivity contribution in [3.8, 4) is 22.5 Å². The molecule has 2 N–H and O–H groups in total. The first-order valence-electron chi connectivity index (χ1n) is 20.2. The second-order valence-corrected chi connectivity index (χ2v) is 21.6. The molecule has 0 saturated heterocycles. The molecule has 62 heavy (non-hydrogen) atoms. The average Bonchev–Trinajstić information content (AvgIpc) is 3.81. The number of nitrogens with one attached hydrogen (secondary N) is 2. The van der Waals surface area contributed by atoms with Crippen molar-refractivity contribution in [2.45, 2.75) is 80.9 Å². The van der Waals surface area contributed by atoms with Crippen LogP contribution in [0, 0.1) is 0 Å². The number of hydrogen-bond acceptors (Lipinski definition) is 8. The van der Waals surface area contributed by atoms with Crippen molar-refractivity contribution in [2.24, 2.45) is 0 Å². The van der Waals surface area contributed by atoms with Crippen LogP contribution in [0.5, 0.6) is 0 Å². The van der Waals surface area contributed by atoms with Gasteiger partial charge in [0.2, 0.25) is 0 Å². The average molecular weight is 932 g/mol. The Morgan fingerprint density at radius 1 is 0.581 bits per heavy atom. The molecule has 0 spiro atoms. The standard InChI is InChI=1S/C25H26N4O2S.C22H21BrN4O2S/c1-25(2,3)19-8-10-20(11-9-19)32(30,31)28-24-13-12-21(17-6-7-17)23-15-22(27-29(23)24)18-5-4-14-26-16-18;1-22(2,3)16-6-8-17(9-7-16)30(28,29)26-21-11-10-18(23)20-13-19(25-27(20)21)15-5-4-12-24-14-15/h4-5,8-17,28H,6-7H2,1-3H3;4-14,26H,1-3H3. The van der Waals surface area contributed by atoms with Crippen LogP contribution in [0.4, 0.5) is 11.6 Å². The summed E-state index contributed by atoms with van der Waals surface area (Å²) in [6.45, 7) is 12.6. The Hall–Kier alpha value is -5.90. The smallest absolute Gasteiger partial charge is 0.263 e. The first-order valence-corrected chi connectivity index (χ1v) is 23.9. The fourth-order valence-corrected chi connectivity index (χ4v) is 9.50. The minimum absolute atomic E-state index is 0.0434. The zero-order valence-electron chi connectivity index (χ0n) is 35.2. The van der Waals surface area contributed by atoms with E-state index in [1.807, 2.05) is 72.8 Å². The molecule has 1 aliphatic rings. The van der Waals surface area contributed by atoms with Crippen molar-refractivity contribution in [1.82, 2.24) is 29.2 Å². The SMILES string of the molecule is CC(C)(C)c1ccc(S(=O)(=O)Nc2ccc(Br)c3cc(-c4cccnc4)nn23)cc1.CC(C)(C)c1ccc(S(=O)(=O)Nc2ccc(C3CC3)c3cc(-c4cccnc4)nn23)cc1. The molecule has 12 nitrogen and oxygen atoms in total. The zero-order chi connectivity index (χ0) is 44.0. The monoisotopic (exact) mass is 930 g/mol. The number of sulfonamides is 2. The maximum atomic E-state index is 13.2. The molecule has 6 heterocycles. The van der Waals surface area contributed by atoms with Crippen molar-refractivity contribution < 1.29 is 16.8 Å². The van der Waals surface area contributed by atoms with Crippen molar-refractivity contribution in [3.05, 3.63) is 155 Å². The lowest BCUT2D eigenvalue weighted by Crippen LogP contribution is -2.17. The number of rotatable bonds is 9. The summed E-state index contributed by atoms with van der Waals surface area (Å²) in [5, 5.41) is 9.32. The van der Waals surface area contributed by atoms with Crippen molar-refractivity contribution in [1.29, 1.82) is 0 Å². The van der Waals surface area contributed by atoms with E-state index in [1.165, 1.54) is 5.56 Å². The molecule has 8 aromatic rings. The van der Waals surface area contributed by atoms with Crippen LogP contribution in [0.15, 0.2) is 148 Å². The Morgan fingerprint density at radius 3 is 1.44 bits per heavy atom. The molecule has 0 unspecified atom stereocenters. The Morgan fingerprint density at radius 2 is 1.02 bits per heavy atom. The maximum Gasteiger partial charge on any atom is 0.263 e. The molecular weight excluding hydrogens is 885 g/mol. The molecule has 6 aromatic heterocycles. The predicted octanol–water partition coefficient (Wildman–Crippen LogP) is 10.6. The fraction of sp³-hybridized carbons (Fsp3) is 0.234. The number of pyridine rings is 4. The number of hydrogen-bond donors (Lipinski definition) is 2. The van der Waals surface area contributed by atoms with Gasteiger partial charge in [-0.25, -0.2) is 25.9 Å². The van der Waals surface area contributed by atoms with Gasteiger partial charge in [0.1, 0.15) is 11.6 Å². The van der Waals surface area contributed by atoms with Crippen LogP contribution in [-0.2, 0) is 30.9 Å². The van der Waals surface area contributed by atoms with E-state index in [9.17, 15) is 16.8 Å². The lowest BCUT2D eigenvalue weighted by molar-refractivity contribution is 0.587. The molecule has 318 valence electrons. The predicted molar refractivity (Wildman–Crippen MR) is 248 cm³/mol. The topological polar surface area (TPSA) is 153 Å². The molecule has 9 rings (SSSR count). The largest absolute Gasteiger partial charge is 0.264 e. The van der Waals surface area contributed by atoms with Crippen molar-refractivity contribution >= 4 is 58.6 Å². The van der Waals surface area contributed by atoms with E-state index in [1.54, 1.807) is 70.2 Å². The van der Waals surface area contributed by atoms with Crippen LogP contribution >= 0.6 is 15.9 Å². The summed E-state index contributed by atoms with van der Waals surface area (Å²) >= 11 is 3.51. The van der Waals surface area contributed by atoms with E-state index in [0.29, 0.717) is 23.2 Å². The summed E-state index contributed by atoms with van der Waals surface area (Å²) in [6, 6.07) is 32.8. The first kappa shape index (κ1) is 42.8. The van der Waals surface area contributed by atoms with Crippen LogP contribution in [0.3, 0.4) is 0 Å². The van der Waals surface area contributed by atoms with Gasteiger partial charge in [-0.15, -0.1) is 0 Å². The molecular formula is C47H47BrN8O4S2.